The lowest BCUT2D eigenvalue weighted by Gasteiger charge is -2.22. The SMILES string of the molecule is CC(=O)Nc1ccc(CC(=O)N2CCC[C@@H]2c2nc(-c3cccc(C)c3)no2)cc1. The van der Waals surface area contributed by atoms with E-state index in [-0.39, 0.29) is 24.3 Å². The summed E-state index contributed by atoms with van der Waals surface area (Å²) < 4.78 is 5.53. The van der Waals surface area contributed by atoms with Crippen LogP contribution in [0.15, 0.2) is 53.1 Å². The monoisotopic (exact) mass is 404 g/mol. The minimum Gasteiger partial charge on any atom is -0.337 e. The molecule has 2 amide bonds. The Morgan fingerprint density at radius 2 is 2.00 bits per heavy atom. The summed E-state index contributed by atoms with van der Waals surface area (Å²) in [5, 5.41) is 6.85. The van der Waals surface area contributed by atoms with Gasteiger partial charge in [0.05, 0.1) is 6.42 Å². The van der Waals surface area contributed by atoms with Crippen molar-refractivity contribution >= 4 is 17.5 Å². The van der Waals surface area contributed by atoms with Gasteiger partial charge in [-0.05, 0) is 43.5 Å². The molecule has 1 N–H and O–H groups in total. The molecule has 2 heterocycles. The Morgan fingerprint density at radius 1 is 1.20 bits per heavy atom. The van der Waals surface area contributed by atoms with Crippen LogP contribution < -0.4 is 5.32 Å². The fraction of sp³-hybridized carbons (Fsp3) is 0.304. The average Bonchev–Trinajstić information content (AvgIpc) is 3.38. The Morgan fingerprint density at radius 3 is 2.73 bits per heavy atom. The molecule has 1 fully saturated rings. The first kappa shape index (κ1) is 19.8. The first-order valence-corrected chi connectivity index (χ1v) is 10.1. The lowest BCUT2D eigenvalue weighted by molar-refractivity contribution is -0.131. The number of hydrogen-bond donors (Lipinski definition) is 1. The van der Waals surface area contributed by atoms with Crippen LogP contribution in [0.25, 0.3) is 11.4 Å². The number of carbonyl (C=O) groups excluding carboxylic acids is 2. The van der Waals surface area contributed by atoms with Crippen molar-refractivity contribution in [2.75, 3.05) is 11.9 Å². The third kappa shape index (κ3) is 4.40. The molecule has 1 atom stereocenters. The molecule has 30 heavy (non-hydrogen) atoms. The van der Waals surface area contributed by atoms with Crippen LogP contribution in [0.2, 0.25) is 0 Å². The predicted octanol–water partition coefficient (Wildman–Crippen LogP) is 3.91. The number of nitrogens with one attached hydrogen (secondary N) is 1. The van der Waals surface area contributed by atoms with Gasteiger partial charge in [0.15, 0.2) is 0 Å². The molecule has 1 aromatic heterocycles. The molecule has 0 unspecified atom stereocenters. The van der Waals surface area contributed by atoms with Gasteiger partial charge in [-0.2, -0.15) is 4.98 Å². The van der Waals surface area contributed by atoms with Gasteiger partial charge in [0.2, 0.25) is 23.5 Å². The summed E-state index contributed by atoms with van der Waals surface area (Å²) in [6.45, 7) is 4.16. The second-order valence-corrected chi connectivity index (χ2v) is 7.63. The molecule has 2 aromatic carbocycles. The topological polar surface area (TPSA) is 88.3 Å². The maximum absolute atomic E-state index is 12.9. The van der Waals surface area contributed by atoms with Gasteiger partial charge < -0.3 is 14.7 Å². The second-order valence-electron chi connectivity index (χ2n) is 7.63. The average molecular weight is 404 g/mol. The van der Waals surface area contributed by atoms with Crippen molar-refractivity contribution < 1.29 is 14.1 Å². The number of nitrogens with zero attached hydrogens (tertiary/aromatic N) is 3. The zero-order chi connectivity index (χ0) is 21.1. The number of amides is 2. The maximum Gasteiger partial charge on any atom is 0.249 e. The standard InChI is InChI=1S/C23H24N4O3/c1-15-5-3-6-18(13-15)22-25-23(30-26-22)20-7-4-12-27(20)21(29)14-17-8-10-19(11-9-17)24-16(2)28/h3,5-6,8-11,13,20H,4,7,12,14H2,1-2H3,(H,24,28)/t20-/m1/s1. The van der Waals surface area contributed by atoms with Crippen molar-refractivity contribution in [2.24, 2.45) is 0 Å². The van der Waals surface area contributed by atoms with Crippen LogP contribution in [0.3, 0.4) is 0 Å². The van der Waals surface area contributed by atoms with Crippen LogP contribution in [-0.2, 0) is 16.0 Å². The quantitative estimate of drug-likeness (QED) is 0.697. The molecule has 154 valence electrons. The van der Waals surface area contributed by atoms with Crippen molar-refractivity contribution in [3.8, 4) is 11.4 Å². The Hall–Kier alpha value is -3.48. The molecule has 0 spiro atoms. The Kier molecular flexibility index (Phi) is 5.61. The predicted molar refractivity (Wildman–Crippen MR) is 113 cm³/mol. The fourth-order valence-corrected chi connectivity index (χ4v) is 3.78. The first-order valence-electron chi connectivity index (χ1n) is 10.1. The number of hydrogen-bond acceptors (Lipinski definition) is 5. The highest BCUT2D eigenvalue weighted by Gasteiger charge is 2.34. The summed E-state index contributed by atoms with van der Waals surface area (Å²) >= 11 is 0. The van der Waals surface area contributed by atoms with E-state index >= 15 is 0 Å². The van der Waals surface area contributed by atoms with E-state index in [9.17, 15) is 9.59 Å². The van der Waals surface area contributed by atoms with Crippen LogP contribution in [0, 0.1) is 6.92 Å². The summed E-state index contributed by atoms with van der Waals surface area (Å²) in [6.07, 6.45) is 2.00. The first-order chi connectivity index (χ1) is 14.5. The van der Waals surface area contributed by atoms with Gasteiger partial charge in [-0.25, -0.2) is 0 Å². The fourth-order valence-electron chi connectivity index (χ4n) is 3.78. The molecule has 0 aliphatic carbocycles. The van der Waals surface area contributed by atoms with E-state index in [0.717, 1.165) is 29.5 Å². The van der Waals surface area contributed by atoms with E-state index in [1.165, 1.54) is 6.92 Å². The Labute approximate surface area is 175 Å². The lowest BCUT2D eigenvalue weighted by atomic mass is 10.1. The molecule has 1 aliphatic rings. The van der Waals surface area contributed by atoms with E-state index in [2.05, 4.69) is 15.5 Å². The lowest BCUT2D eigenvalue weighted by Crippen LogP contribution is -2.32. The minimum absolute atomic E-state index is 0.0279. The molecule has 0 radical (unpaired) electrons. The van der Waals surface area contributed by atoms with Crippen molar-refractivity contribution in [2.45, 2.75) is 39.2 Å². The van der Waals surface area contributed by atoms with Crippen LogP contribution in [0.1, 0.15) is 42.8 Å². The highest BCUT2D eigenvalue weighted by atomic mass is 16.5. The largest absolute Gasteiger partial charge is 0.337 e. The van der Waals surface area contributed by atoms with Crippen LogP contribution >= 0.6 is 0 Å². The molecule has 4 rings (SSSR count). The number of rotatable bonds is 5. The van der Waals surface area contributed by atoms with Gasteiger partial charge in [-0.1, -0.05) is 41.1 Å². The molecule has 3 aromatic rings. The number of aromatic nitrogens is 2. The van der Waals surface area contributed by atoms with E-state index in [1.54, 1.807) is 12.1 Å². The van der Waals surface area contributed by atoms with Gasteiger partial charge >= 0.3 is 0 Å². The summed E-state index contributed by atoms with van der Waals surface area (Å²) in [4.78, 5) is 30.5. The van der Waals surface area contributed by atoms with E-state index in [4.69, 9.17) is 4.52 Å². The van der Waals surface area contributed by atoms with Gasteiger partial charge in [0, 0.05) is 24.7 Å². The number of anilines is 1. The molecule has 1 aliphatic heterocycles. The normalized spacial score (nSPS) is 15.9. The van der Waals surface area contributed by atoms with Crippen molar-refractivity contribution in [3.63, 3.8) is 0 Å². The van der Waals surface area contributed by atoms with Crippen molar-refractivity contribution in [1.29, 1.82) is 0 Å². The zero-order valence-corrected chi connectivity index (χ0v) is 17.1. The molecule has 7 nitrogen and oxygen atoms in total. The van der Waals surface area contributed by atoms with Gasteiger partial charge in [0.25, 0.3) is 0 Å². The number of benzene rings is 2. The highest BCUT2D eigenvalue weighted by molar-refractivity contribution is 5.88. The van der Waals surface area contributed by atoms with Gasteiger partial charge in [-0.15, -0.1) is 0 Å². The summed E-state index contributed by atoms with van der Waals surface area (Å²) in [5.41, 5.74) is 3.64. The summed E-state index contributed by atoms with van der Waals surface area (Å²) in [6, 6.07) is 15.1. The summed E-state index contributed by atoms with van der Waals surface area (Å²) in [5.74, 6) is 0.934. The van der Waals surface area contributed by atoms with Crippen LogP contribution in [0.5, 0.6) is 0 Å². The third-order valence-electron chi connectivity index (χ3n) is 5.21. The van der Waals surface area contributed by atoms with E-state index in [0.29, 0.717) is 23.9 Å². The molecular formula is C23H24N4O3. The van der Waals surface area contributed by atoms with Crippen LogP contribution in [0.4, 0.5) is 5.69 Å². The molecule has 0 saturated carbocycles. The number of likely N-dealkylation sites (tertiary alicyclic amines) is 1. The highest BCUT2D eigenvalue weighted by Crippen LogP contribution is 2.32. The molecule has 7 heteroatoms. The van der Waals surface area contributed by atoms with Crippen molar-refractivity contribution in [1.82, 2.24) is 15.0 Å². The second kappa shape index (κ2) is 8.49. The van der Waals surface area contributed by atoms with Gasteiger partial charge in [0.1, 0.15) is 6.04 Å². The third-order valence-corrected chi connectivity index (χ3v) is 5.21. The zero-order valence-electron chi connectivity index (χ0n) is 17.1. The molecular weight excluding hydrogens is 380 g/mol. The van der Waals surface area contributed by atoms with Crippen LogP contribution in [-0.4, -0.2) is 33.4 Å². The smallest absolute Gasteiger partial charge is 0.249 e. The van der Waals surface area contributed by atoms with E-state index in [1.807, 2.05) is 48.2 Å². The van der Waals surface area contributed by atoms with E-state index < -0.39 is 0 Å². The Balaban J connectivity index is 1.46. The van der Waals surface area contributed by atoms with Crippen molar-refractivity contribution in [3.05, 3.63) is 65.5 Å². The van der Waals surface area contributed by atoms with Gasteiger partial charge in [-0.3, -0.25) is 9.59 Å². The molecule has 1 saturated heterocycles. The number of aryl methyl sites for hydroxylation is 1. The Bertz CT molecular complexity index is 1060. The number of carbonyl (C=O) groups is 2. The minimum atomic E-state index is -0.192. The molecule has 0 bridgehead atoms. The maximum atomic E-state index is 12.9. The summed E-state index contributed by atoms with van der Waals surface area (Å²) in [7, 11) is 0.